The van der Waals surface area contributed by atoms with Crippen molar-refractivity contribution >= 4 is 5.82 Å². The van der Waals surface area contributed by atoms with Crippen LogP contribution in [0.4, 0.5) is 5.82 Å². The summed E-state index contributed by atoms with van der Waals surface area (Å²) in [5, 5.41) is 3.37. The molecule has 1 aromatic rings. The number of aromatic nitrogens is 2. The van der Waals surface area contributed by atoms with E-state index in [-0.39, 0.29) is 0 Å². The largest absolute Gasteiger partial charge is 0.383 e. The summed E-state index contributed by atoms with van der Waals surface area (Å²) in [7, 11) is 1.72. The van der Waals surface area contributed by atoms with Gasteiger partial charge in [0.1, 0.15) is 11.6 Å². The van der Waals surface area contributed by atoms with Gasteiger partial charge in [0.25, 0.3) is 0 Å². The van der Waals surface area contributed by atoms with Crippen molar-refractivity contribution < 1.29 is 4.74 Å². The molecule has 1 N–H and O–H groups in total. The van der Waals surface area contributed by atoms with Crippen molar-refractivity contribution in [1.29, 1.82) is 0 Å². The number of anilines is 1. The molecule has 0 aliphatic rings. The van der Waals surface area contributed by atoms with E-state index in [1.165, 1.54) is 0 Å². The summed E-state index contributed by atoms with van der Waals surface area (Å²) in [5.74, 6) is 1.71. The van der Waals surface area contributed by atoms with Crippen molar-refractivity contribution in [2.45, 2.75) is 39.7 Å². The molecular weight excluding hydrogens is 202 g/mol. The predicted octanol–water partition coefficient (Wildman–Crippen LogP) is 2.18. The Labute approximate surface area is 97.5 Å². The maximum absolute atomic E-state index is 5.15. The highest BCUT2D eigenvalue weighted by Gasteiger charge is 2.07. The smallest absolute Gasteiger partial charge is 0.130 e. The third-order valence-electron chi connectivity index (χ3n) is 2.47. The zero-order chi connectivity index (χ0) is 12.0. The van der Waals surface area contributed by atoms with E-state index < -0.39 is 0 Å². The Balaban J connectivity index is 2.74. The molecule has 0 bridgehead atoms. The first-order chi connectivity index (χ1) is 7.69. The molecule has 16 heavy (non-hydrogen) atoms. The standard InChI is InChI=1S/C12H21N3O/c1-5-10-7-12(14-9(3)13-10)15-11(6-2)8-16-4/h7,11H,5-6,8H2,1-4H3,(H,13,14,15). The molecule has 1 atom stereocenters. The summed E-state index contributed by atoms with van der Waals surface area (Å²) in [6, 6.07) is 2.31. The first-order valence-corrected chi connectivity index (χ1v) is 5.79. The molecule has 0 saturated carbocycles. The van der Waals surface area contributed by atoms with E-state index in [4.69, 9.17) is 4.74 Å². The fraction of sp³-hybridized carbons (Fsp3) is 0.667. The molecule has 0 radical (unpaired) electrons. The van der Waals surface area contributed by atoms with E-state index in [2.05, 4.69) is 29.1 Å². The van der Waals surface area contributed by atoms with Crippen LogP contribution in [0.2, 0.25) is 0 Å². The van der Waals surface area contributed by atoms with E-state index in [1.54, 1.807) is 7.11 Å². The Hall–Kier alpha value is -1.16. The number of ether oxygens (including phenoxy) is 1. The van der Waals surface area contributed by atoms with E-state index in [0.29, 0.717) is 12.6 Å². The van der Waals surface area contributed by atoms with Crippen molar-refractivity contribution in [3.8, 4) is 0 Å². The van der Waals surface area contributed by atoms with Crippen LogP contribution in [0.15, 0.2) is 6.07 Å². The normalized spacial score (nSPS) is 12.5. The second kappa shape index (κ2) is 6.43. The summed E-state index contributed by atoms with van der Waals surface area (Å²) < 4.78 is 5.15. The summed E-state index contributed by atoms with van der Waals surface area (Å²) in [6.45, 7) is 6.84. The van der Waals surface area contributed by atoms with Crippen LogP contribution in [-0.2, 0) is 11.2 Å². The molecule has 1 aromatic heterocycles. The van der Waals surface area contributed by atoms with Gasteiger partial charge in [-0.3, -0.25) is 0 Å². The molecular formula is C12H21N3O. The molecule has 1 rings (SSSR count). The molecule has 90 valence electrons. The highest BCUT2D eigenvalue weighted by atomic mass is 16.5. The average molecular weight is 223 g/mol. The maximum atomic E-state index is 5.15. The van der Waals surface area contributed by atoms with Crippen molar-refractivity contribution in [3.63, 3.8) is 0 Å². The molecule has 0 saturated heterocycles. The lowest BCUT2D eigenvalue weighted by molar-refractivity contribution is 0.184. The van der Waals surface area contributed by atoms with Crippen LogP contribution in [-0.4, -0.2) is 29.7 Å². The minimum Gasteiger partial charge on any atom is -0.383 e. The first kappa shape index (κ1) is 12.9. The fourth-order valence-corrected chi connectivity index (χ4v) is 1.56. The summed E-state index contributed by atoms with van der Waals surface area (Å²) >= 11 is 0. The van der Waals surface area contributed by atoms with Crippen LogP contribution in [0.5, 0.6) is 0 Å². The third-order valence-corrected chi connectivity index (χ3v) is 2.47. The quantitative estimate of drug-likeness (QED) is 0.803. The van der Waals surface area contributed by atoms with Gasteiger partial charge in [0.15, 0.2) is 0 Å². The van der Waals surface area contributed by atoms with Crippen LogP contribution in [0.25, 0.3) is 0 Å². The molecule has 1 unspecified atom stereocenters. The molecule has 0 aromatic carbocycles. The van der Waals surface area contributed by atoms with Crippen LogP contribution < -0.4 is 5.32 Å². The number of nitrogens with one attached hydrogen (secondary N) is 1. The van der Waals surface area contributed by atoms with Crippen molar-refractivity contribution in [3.05, 3.63) is 17.6 Å². The van der Waals surface area contributed by atoms with E-state index in [9.17, 15) is 0 Å². The minimum atomic E-state index is 0.309. The summed E-state index contributed by atoms with van der Waals surface area (Å²) in [6.07, 6.45) is 1.94. The Morgan fingerprint density at radius 1 is 1.38 bits per heavy atom. The van der Waals surface area contributed by atoms with Gasteiger partial charge >= 0.3 is 0 Å². The number of aryl methyl sites for hydroxylation is 2. The maximum Gasteiger partial charge on any atom is 0.130 e. The highest BCUT2D eigenvalue weighted by Crippen LogP contribution is 2.10. The molecule has 4 nitrogen and oxygen atoms in total. The molecule has 4 heteroatoms. The number of hydrogen-bond donors (Lipinski definition) is 1. The lowest BCUT2D eigenvalue weighted by Gasteiger charge is -2.17. The Morgan fingerprint density at radius 3 is 2.69 bits per heavy atom. The SMILES string of the molecule is CCc1cc(NC(CC)COC)nc(C)n1. The van der Waals surface area contributed by atoms with Gasteiger partial charge in [0.2, 0.25) is 0 Å². The topological polar surface area (TPSA) is 47.0 Å². The van der Waals surface area contributed by atoms with Crippen molar-refractivity contribution in [2.75, 3.05) is 19.0 Å². The minimum absolute atomic E-state index is 0.309. The van der Waals surface area contributed by atoms with Crippen LogP contribution in [0.3, 0.4) is 0 Å². The average Bonchev–Trinajstić information content (AvgIpc) is 2.27. The van der Waals surface area contributed by atoms with Crippen LogP contribution >= 0.6 is 0 Å². The second-order valence-electron chi connectivity index (χ2n) is 3.85. The van der Waals surface area contributed by atoms with E-state index in [0.717, 1.165) is 30.2 Å². The Bertz CT molecular complexity index is 328. The number of nitrogens with zero attached hydrogens (tertiary/aromatic N) is 2. The Morgan fingerprint density at radius 2 is 2.12 bits per heavy atom. The molecule has 1 heterocycles. The third kappa shape index (κ3) is 3.77. The van der Waals surface area contributed by atoms with Crippen LogP contribution in [0.1, 0.15) is 31.8 Å². The van der Waals surface area contributed by atoms with Crippen molar-refractivity contribution in [2.24, 2.45) is 0 Å². The first-order valence-electron chi connectivity index (χ1n) is 5.79. The zero-order valence-corrected chi connectivity index (χ0v) is 10.6. The number of hydrogen-bond acceptors (Lipinski definition) is 4. The second-order valence-corrected chi connectivity index (χ2v) is 3.85. The molecule has 0 aliphatic heterocycles. The fourth-order valence-electron chi connectivity index (χ4n) is 1.56. The van der Waals surface area contributed by atoms with Gasteiger partial charge in [-0.25, -0.2) is 9.97 Å². The van der Waals surface area contributed by atoms with Gasteiger partial charge in [-0.05, 0) is 19.8 Å². The lowest BCUT2D eigenvalue weighted by atomic mass is 10.2. The van der Waals surface area contributed by atoms with Crippen molar-refractivity contribution in [1.82, 2.24) is 9.97 Å². The summed E-state index contributed by atoms with van der Waals surface area (Å²) in [5.41, 5.74) is 1.07. The van der Waals surface area contributed by atoms with Gasteiger partial charge in [-0.1, -0.05) is 13.8 Å². The molecule has 0 aliphatic carbocycles. The van der Waals surface area contributed by atoms with Crippen LogP contribution in [0, 0.1) is 6.92 Å². The lowest BCUT2D eigenvalue weighted by Crippen LogP contribution is -2.24. The number of methoxy groups -OCH3 is 1. The Kier molecular flexibility index (Phi) is 5.19. The molecule has 0 amide bonds. The molecule has 0 spiro atoms. The van der Waals surface area contributed by atoms with Gasteiger partial charge in [-0.15, -0.1) is 0 Å². The van der Waals surface area contributed by atoms with E-state index in [1.807, 2.05) is 13.0 Å². The zero-order valence-electron chi connectivity index (χ0n) is 10.6. The molecule has 0 fully saturated rings. The van der Waals surface area contributed by atoms with Gasteiger partial charge in [0.05, 0.1) is 12.6 Å². The monoisotopic (exact) mass is 223 g/mol. The highest BCUT2D eigenvalue weighted by molar-refractivity contribution is 5.37. The van der Waals surface area contributed by atoms with Gasteiger partial charge in [0, 0.05) is 18.9 Å². The van der Waals surface area contributed by atoms with E-state index >= 15 is 0 Å². The summed E-state index contributed by atoms with van der Waals surface area (Å²) in [4.78, 5) is 8.72. The van der Waals surface area contributed by atoms with Gasteiger partial charge < -0.3 is 10.1 Å². The number of rotatable bonds is 6. The van der Waals surface area contributed by atoms with Gasteiger partial charge in [-0.2, -0.15) is 0 Å². The predicted molar refractivity (Wildman–Crippen MR) is 65.7 cm³/mol.